The Kier molecular flexibility index (Phi) is 3.16. The van der Waals surface area contributed by atoms with Crippen LogP contribution in [0.4, 0.5) is 0 Å². The van der Waals surface area contributed by atoms with Crippen LogP contribution >= 0.6 is 0 Å². The predicted molar refractivity (Wildman–Crippen MR) is 59.2 cm³/mol. The zero-order valence-corrected chi connectivity index (χ0v) is 9.47. The molecule has 0 aliphatic heterocycles. The van der Waals surface area contributed by atoms with Gasteiger partial charge in [0.25, 0.3) is 0 Å². The van der Waals surface area contributed by atoms with E-state index in [9.17, 15) is 5.11 Å². The van der Waals surface area contributed by atoms with E-state index in [2.05, 4.69) is 6.92 Å². The van der Waals surface area contributed by atoms with Gasteiger partial charge in [-0.25, -0.2) is 0 Å². The average Bonchev–Trinajstić information content (AvgIpc) is 2.13. The summed E-state index contributed by atoms with van der Waals surface area (Å²) in [5.41, 5.74) is -0.356. The first-order chi connectivity index (χ1) is 6.68. The molecule has 1 heteroatoms. The predicted octanol–water partition coefficient (Wildman–Crippen LogP) is 3.51. The van der Waals surface area contributed by atoms with Gasteiger partial charge in [-0.1, -0.05) is 38.5 Å². The second-order valence-electron chi connectivity index (χ2n) is 5.69. The molecular weight excluding hydrogens is 172 g/mol. The van der Waals surface area contributed by atoms with E-state index in [-0.39, 0.29) is 5.60 Å². The molecule has 0 bridgehead atoms. The Labute approximate surface area is 87.9 Å². The summed E-state index contributed by atoms with van der Waals surface area (Å²) in [6.07, 6.45) is 11.8. The van der Waals surface area contributed by atoms with Gasteiger partial charge in [-0.15, -0.1) is 0 Å². The van der Waals surface area contributed by atoms with Gasteiger partial charge < -0.3 is 5.11 Å². The van der Waals surface area contributed by atoms with Crippen LogP contribution in [0.1, 0.15) is 64.7 Å². The van der Waals surface area contributed by atoms with Gasteiger partial charge in [0.2, 0.25) is 0 Å². The molecule has 2 fully saturated rings. The van der Waals surface area contributed by atoms with Gasteiger partial charge in [-0.05, 0) is 38.0 Å². The Morgan fingerprint density at radius 3 is 2.14 bits per heavy atom. The Balaban J connectivity index is 1.84. The molecule has 0 aromatic rings. The lowest BCUT2D eigenvalue weighted by Gasteiger charge is -2.40. The maximum atomic E-state index is 10.5. The maximum absolute atomic E-state index is 10.5. The van der Waals surface area contributed by atoms with Crippen LogP contribution < -0.4 is 0 Å². The zero-order chi connectivity index (χ0) is 10.0. The molecule has 0 amide bonds. The lowest BCUT2D eigenvalue weighted by Crippen LogP contribution is -2.39. The molecule has 1 N–H and O–H groups in total. The summed E-state index contributed by atoms with van der Waals surface area (Å²) in [5, 5.41) is 10.5. The van der Waals surface area contributed by atoms with Crippen molar-refractivity contribution < 1.29 is 5.11 Å². The van der Waals surface area contributed by atoms with Crippen molar-refractivity contribution in [1.29, 1.82) is 0 Å². The fourth-order valence-corrected chi connectivity index (χ4v) is 3.17. The molecule has 0 aromatic heterocycles. The van der Waals surface area contributed by atoms with Gasteiger partial charge >= 0.3 is 0 Å². The van der Waals surface area contributed by atoms with Crippen LogP contribution in [0.3, 0.4) is 0 Å². The topological polar surface area (TPSA) is 20.2 Å². The molecule has 2 saturated carbocycles. The van der Waals surface area contributed by atoms with Gasteiger partial charge in [-0.2, -0.15) is 0 Å². The summed E-state index contributed by atoms with van der Waals surface area (Å²) in [4.78, 5) is 0. The SMILES string of the molecule is CC(O)(CC1CCC1)C1CCCCC1. The lowest BCUT2D eigenvalue weighted by molar-refractivity contribution is -0.0444. The molecule has 1 nitrogen and oxygen atoms in total. The molecule has 0 radical (unpaired) electrons. The van der Waals surface area contributed by atoms with Gasteiger partial charge in [0.05, 0.1) is 5.60 Å². The van der Waals surface area contributed by atoms with Crippen LogP contribution in [0.15, 0.2) is 0 Å². The first-order valence-corrected chi connectivity index (χ1v) is 6.41. The molecule has 0 spiro atoms. The highest BCUT2D eigenvalue weighted by Gasteiger charge is 2.36. The molecule has 0 aromatic carbocycles. The summed E-state index contributed by atoms with van der Waals surface area (Å²) >= 11 is 0. The summed E-state index contributed by atoms with van der Waals surface area (Å²) in [7, 11) is 0. The van der Waals surface area contributed by atoms with Crippen molar-refractivity contribution >= 4 is 0 Å². The van der Waals surface area contributed by atoms with Gasteiger partial charge in [0, 0.05) is 0 Å². The van der Waals surface area contributed by atoms with Crippen molar-refractivity contribution in [3.8, 4) is 0 Å². The molecular formula is C13H24O. The Bertz CT molecular complexity index is 176. The standard InChI is InChI=1S/C13H24O/c1-13(14,10-11-6-5-7-11)12-8-3-2-4-9-12/h11-12,14H,2-10H2,1H3. The summed E-state index contributed by atoms with van der Waals surface area (Å²) in [5.74, 6) is 1.43. The minimum Gasteiger partial charge on any atom is -0.390 e. The number of hydrogen-bond acceptors (Lipinski definition) is 1. The van der Waals surface area contributed by atoms with E-state index in [1.165, 1.54) is 51.4 Å². The number of aliphatic hydroxyl groups is 1. The molecule has 0 heterocycles. The minimum atomic E-state index is -0.356. The minimum absolute atomic E-state index is 0.356. The molecule has 2 aliphatic rings. The third-order valence-electron chi connectivity index (χ3n) is 4.41. The lowest BCUT2D eigenvalue weighted by atomic mass is 9.70. The van der Waals surface area contributed by atoms with Crippen molar-refractivity contribution in [2.45, 2.75) is 70.3 Å². The highest BCUT2D eigenvalue weighted by Crippen LogP contribution is 2.40. The van der Waals surface area contributed by atoms with Crippen LogP contribution in [-0.2, 0) is 0 Å². The van der Waals surface area contributed by atoms with Crippen LogP contribution in [0.2, 0.25) is 0 Å². The molecule has 2 aliphatic carbocycles. The molecule has 1 atom stereocenters. The largest absolute Gasteiger partial charge is 0.390 e. The summed E-state index contributed by atoms with van der Waals surface area (Å²) in [6, 6.07) is 0. The first kappa shape index (κ1) is 10.5. The van der Waals surface area contributed by atoms with E-state index in [1.54, 1.807) is 0 Å². The zero-order valence-electron chi connectivity index (χ0n) is 9.47. The van der Waals surface area contributed by atoms with Gasteiger partial charge in [0.15, 0.2) is 0 Å². The van der Waals surface area contributed by atoms with Crippen LogP contribution in [0.5, 0.6) is 0 Å². The van der Waals surface area contributed by atoms with E-state index in [0.29, 0.717) is 5.92 Å². The third kappa shape index (κ3) is 2.31. The fourth-order valence-electron chi connectivity index (χ4n) is 3.17. The van der Waals surface area contributed by atoms with E-state index >= 15 is 0 Å². The molecule has 2 rings (SSSR count). The van der Waals surface area contributed by atoms with Crippen molar-refractivity contribution in [2.75, 3.05) is 0 Å². The number of rotatable bonds is 3. The number of hydrogen-bond donors (Lipinski definition) is 1. The van der Waals surface area contributed by atoms with Crippen molar-refractivity contribution in [1.82, 2.24) is 0 Å². The van der Waals surface area contributed by atoms with Gasteiger partial charge in [-0.3, -0.25) is 0 Å². The van der Waals surface area contributed by atoms with E-state index in [4.69, 9.17) is 0 Å². The molecule has 14 heavy (non-hydrogen) atoms. The van der Waals surface area contributed by atoms with E-state index < -0.39 is 0 Å². The molecule has 82 valence electrons. The summed E-state index contributed by atoms with van der Waals surface area (Å²) < 4.78 is 0. The van der Waals surface area contributed by atoms with E-state index in [0.717, 1.165) is 12.3 Å². The average molecular weight is 196 g/mol. The fraction of sp³-hybridized carbons (Fsp3) is 1.00. The highest BCUT2D eigenvalue weighted by molar-refractivity contribution is 4.88. The first-order valence-electron chi connectivity index (χ1n) is 6.41. The van der Waals surface area contributed by atoms with Crippen molar-refractivity contribution in [2.24, 2.45) is 11.8 Å². The van der Waals surface area contributed by atoms with Crippen molar-refractivity contribution in [3.05, 3.63) is 0 Å². The van der Waals surface area contributed by atoms with Gasteiger partial charge in [0.1, 0.15) is 0 Å². The Morgan fingerprint density at radius 1 is 1.00 bits per heavy atom. The highest BCUT2D eigenvalue weighted by atomic mass is 16.3. The smallest absolute Gasteiger partial charge is 0.0650 e. The maximum Gasteiger partial charge on any atom is 0.0650 e. The Hall–Kier alpha value is -0.0400. The second kappa shape index (κ2) is 4.22. The van der Waals surface area contributed by atoms with Crippen LogP contribution in [-0.4, -0.2) is 10.7 Å². The molecule has 1 unspecified atom stereocenters. The second-order valence-corrected chi connectivity index (χ2v) is 5.69. The summed E-state index contributed by atoms with van der Waals surface area (Å²) in [6.45, 7) is 2.08. The third-order valence-corrected chi connectivity index (χ3v) is 4.41. The Morgan fingerprint density at radius 2 is 1.64 bits per heavy atom. The molecule has 0 saturated heterocycles. The van der Waals surface area contributed by atoms with E-state index in [1.807, 2.05) is 0 Å². The monoisotopic (exact) mass is 196 g/mol. The normalized spacial score (nSPS) is 29.6. The van der Waals surface area contributed by atoms with Crippen molar-refractivity contribution in [3.63, 3.8) is 0 Å². The van der Waals surface area contributed by atoms with Crippen LogP contribution in [0.25, 0.3) is 0 Å². The van der Waals surface area contributed by atoms with Crippen LogP contribution in [0, 0.1) is 11.8 Å². The quantitative estimate of drug-likeness (QED) is 0.732.